The molecule has 0 aromatic heterocycles. The van der Waals surface area contributed by atoms with Crippen LogP contribution in [0.1, 0.15) is 23.6 Å². The van der Waals surface area contributed by atoms with Crippen molar-refractivity contribution in [1.82, 2.24) is 5.43 Å². The average Bonchev–Trinajstić information content (AvgIpc) is 2.77. The number of ether oxygens (including phenoxy) is 2. The number of carbonyl (C=O) groups is 1. The van der Waals surface area contributed by atoms with Crippen LogP contribution in [-0.2, 0) is 6.61 Å². The minimum atomic E-state index is -0.438. The van der Waals surface area contributed by atoms with Crippen LogP contribution in [0.4, 0.5) is 10.5 Å². The van der Waals surface area contributed by atoms with Crippen LogP contribution >= 0.6 is 47.8 Å². The molecule has 0 aliphatic carbocycles. The molecular weight excluding hydrogens is 618 g/mol. The van der Waals surface area contributed by atoms with Gasteiger partial charge in [-0.2, -0.15) is 5.10 Å². The third-order valence-corrected chi connectivity index (χ3v) is 6.43. The zero-order valence-electron chi connectivity index (χ0n) is 18.0. The Morgan fingerprint density at radius 3 is 2.45 bits per heavy atom. The lowest BCUT2D eigenvalue weighted by Crippen LogP contribution is -2.24. The van der Waals surface area contributed by atoms with Crippen molar-refractivity contribution in [3.63, 3.8) is 0 Å². The molecular formula is C24H22Br3N3O3. The van der Waals surface area contributed by atoms with E-state index in [1.165, 1.54) is 6.21 Å². The fourth-order valence-electron chi connectivity index (χ4n) is 2.85. The topological polar surface area (TPSA) is 72.0 Å². The van der Waals surface area contributed by atoms with Crippen molar-refractivity contribution < 1.29 is 14.3 Å². The third-order valence-electron chi connectivity index (χ3n) is 4.42. The van der Waals surface area contributed by atoms with Gasteiger partial charge in [0.25, 0.3) is 0 Å². The molecule has 3 rings (SSSR count). The third kappa shape index (κ3) is 7.58. The highest BCUT2D eigenvalue weighted by molar-refractivity contribution is 9.11. The SMILES string of the molecule is CCOc1cc(/C=N/NC(=O)Nc2ccc(Br)c(C)c2)cc(Br)c1OCc1ccc(Br)cc1. The number of hydrazone groups is 1. The summed E-state index contributed by atoms with van der Waals surface area (Å²) in [4.78, 5) is 12.1. The number of hydrogen-bond donors (Lipinski definition) is 2. The van der Waals surface area contributed by atoms with E-state index in [2.05, 4.69) is 63.6 Å². The van der Waals surface area contributed by atoms with Crippen molar-refractivity contribution >= 4 is 65.7 Å². The Labute approximate surface area is 218 Å². The molecule has 0 bridgehead atoms. The summed E-state index contributed by atoms with van der Waals surface area (Å²) < 4.78 is 14.5. The fraction of sp³-hybridized carbons (Fsp3) is 0.167. The normalized spacial score (nSPS) is 10.8. The molecule has 0 radical (unpaired) electrons. The van der Waals surface area contributed by atoms with Crippen LogP contribution < -0.4 is 20.2 Å². The molecule has 0 saturated carbocycles. The Morgan fingerprint density at radius 2 is 1.76 bits per heavy atom. The number of urea groups is 1. The summed E-state index contributed by atoms with van der Waals surface area (Å²) in [6.45, 7) is 4.74. The van der Waals surface area contributed by atoms with Gasteiger partial charge in [-0.25, -0.2) is 10.2 Å². The van der Waals surface area contributed by atoms with Crippen molar-refractivity contribution in [2.75, 3.05) is 11.9 Å². The summed E-state index contributed by atoms with van der Waals surface area (Å²) in [5.41, 5.74) is 5.94. The molecule has 3 aromatic carbocycles. The second-order valence-electron chi connectivity index (χ2n) is 6.97. The average molecular weight is 640 g/mol. The lowest BCUT2D eigenvalue weighted by atomic mass is 10.2. The number of anilines is 1. The fourth-order valence-corrected chi connectivity index (χ4v) is 3.93. The zero-order chi connectivity index (χ0) is 23.8. The molecule has 2 amide bonds. The number of carbonyl (C=O) groups excluding carboxylic acids is 1. The van der Waals surface area contributed by atoms with Crippen LogP contribution in [0.2, 0.25) is 0 Å². The van der Waals surface area contributed by atoms with E-state index in [4.69, 9.17) is 9.47 Å². The van der Waals surface area contributed by atoms with Crippen molar-refractivity contribution in [1.29, 1.82) is 0 Å². The predicted octanol–water partition coefficient (Wildman–Crippen LogP) is 7.42. The Bertz CT molecular complexity index is 1150. The van der Waals surface area contributed by atoms with E-state index in [1.807, 2.05) is 62.4 Å². The quantitative estimate of drug-likeness (QED) is 0.199. The maximum Gasteiger partial charge on any atom is 0.339 e. The molecule has 0 unspecified atom stereocenters. The van der Waals surface area contributed by atoms with Crippen LogP contribution in [-0.4, -0.2) is 18.9 Å². The van der Waals surface area contributed by atoms with Gasteiger partial charge >= 0.3 is 6.03 Å². The van der Waals surface area contributed by atoms with Gasteiger partial charge in [0.1, 0.15) is 6.61 Å². The molecule has 0 aliphatic rings. The van der Waals surface area contributed by atoms with Gasteiger partial charge in [0, 0.05) is 14.6 Å². The number of aryl methyl sites for hydroxylation is 1. The lowest BCUT2D eigenvalue weighted by Gasteiger charge is -2.14. The number of hydrogen-bond acceptors (Lipinski definition) is 4. The minimum absolute atomic E-state index is 0.399. The van der Waals surface area contributed by atoms with Crippen molar-refractivity contribution in [3.05, 3.63) is 84.7 Å². The van der Waals surface area contributed by atoms with E-state index < -0.39 is 6.03 Å². The molecule has 0 fully saturated rings. The standard InChI is InChI=1S/C24H22Br3N3O3/c1-3-32-22-12-17(11-21(27)23(22)33-14-16-4-6-18(25)7-5-16)13-28-30-24(31)29-19-8-9-20(26)15(2)10-19/h4-13H,3,14H2,1-2H3,(H2,29,30,31)/b28-13+. The summed E-state index contributed by atoms with van der Waals surface area (Å²) in [5.74, 6) is 1.19. The Kier molecular flexibility index (Phi) is 9.34. The highest BCUT2D eigenvalue weighted by atomic mass is 79.9. The largest absolute Gasteiger partial charge is 0.490 e. The van der Waals surface area contributed by atoms with Gasteiger partial charge in [0.15, 0.2) is 11.5 Å². The van der Waals surface area contributed by atoms with Crippen molar-refractivity contribution in [3.8, 4) is 11.5 Å². The monoisotopic (exact) mass is 637 g/mol. The molecule has 0 spiro atoms. The second-order valence-corrected chi connectivity index (χ2v) is 9.59. The van der Waals surface area contributed by atoms with Gasteiger partial charge in [-0.15, -0.1) is 0 Å². The number of benzene rings is 3. The van der Waals surface area contributed by atoms with Crippen LogP contribution in [0.3, 0.4) is 0 Å². The van der Waals surface area contributed by atoms with E-state index in [0.717, 1.165) is 30.1 Å². The molecule has 0 atom stereocenters. The molecule has 33 heavy (non-hydrogen) atoms. The number of rotatable bonds is 8. The van der Waals surface area contributed by atoms with Gasteiger partial charge < -0.3 is 14.8 Å². The van der Waals surface area contributed by atoms with Crippen LogP contribution in [0.5, 0.6) is 11.5 Å². The second kappa shape index (κ2) is 12.2. The number of nitrogens with zero attached hydrogens (tertiary/aromatic N) is 1. The van der Waals surface area contributed by atoms with E-state index in [0.29, 0.717) is 30.4 Å². The summed E-state index contributed by atoms with van der Waals surface area (Å²) in [6.07, 6.45) is 1.54. The summed E-state index contributed by atoms with van der Waals surface area (Å²) >= 11 is 10.4. The van der Waals surface area contributed by atoms with E-state index >= 15 is 0 Å². The number of nitrogens with one attached hydrogen (secondary N) is 2. The van der Waals surface area contributed by atoms with Crippen molar-refractivity contribution in [2.45, 2.75) is 20.5 Å². The summed E-state index contributed by atoms with van der Waals surface area (Å²) in [5, 5.41) is 6.78. The molecule has 9 heteroatoms. The van der Waals surface area contributed by atoms with Gasteiger partial charge in [0.2, 0.25) is 0 Å². The number of halogens is 3. The first-order valence-corrected chi connectivity index (χ1v) is 12.4. The van der Waals surface area contributed by atoms with Gasteiger partial charge in [-0.1, -0.05) is 44.0 Å². The Balaban J connectivity index is 1.65. The van der Waals surface area contributed by atoms with E-state index in [1.54, 1.807) is 6.07 Å². The maximum absolute atomic E-state index is 12.1. The van der Waals surface area contributed by atoms with Gasteiger partial charge in [-0.05, 0) is 88.9 Å². The molecule has 172 valence electrons. The molecule has 3 aromatic rings. The molecule has 0 aliphatic heterocycles. The first-order valence-electron chi connectivity index (χ1n) is 10.1. The summed E-state index contributed by atoms with van der Waals surface area (Å²) in [7, 11) is 0. The van der Waals surface area contributed by atoms with Gasteiger partial charge in [-0.3, -0.25) is 0 Å². The summed E-state index contributed by atoms with van der Waals surface area (Å²) in [6, 6.07) is 16.7. The molecule has 0 saturated heterocycles. The van der Waals surface area contributed by atoms with Gasteiger partial charge in [0.05, 0.1) is 17.3 Å². The highest BCUT2D eigenvalue weighted by Crippen LogP contribution is 2.37. The molecule has 2 N–H and O–H groups in total. The molecule has 0 heterocycles. The first-order chi connectivity index (χ1) is 15.9. The lowest BCUT2D eigenvalue weighted by molar-refractivity contribution is 0.252. The van der Waals surface area contributed by atoms with Crippen LogP contribution in [0, 0.1) is 6.92 Å². The van der Waals surface area contributed by atoms with Crippen LogP contribution in [0.25, 0.3) is 0 Å². The Morgan fingerprint density at radius 1 is 1.00 bits per heavy atom. The predicted molar refractivity (Wildman–Crippen MR) is 142 cm³/mol. The zero-order valence-corrected chi connectivity index (χ0v) is 22.8. The van der Waals surface area contributed by atoms with E-state index in [-0.39, 0.29) is 0 Å². The molecule has 6 nitrogen and oxygen atoms in total. The first kappa shape index (κ1) is 25.3. The maximum atomic E-state index is 12.1. The highest BCUT2D eigenvalue weighted by Gasteiger charge is 2.12. The minimum Gasteiger partial charge on any atom is -0.490 e. The Hall–Kier alpha value is -2.36. The van der Waals surface area contributed by atoms with Crippen molar-refractivity contribution in [2.24, 2.45) is 5.10 Å². The van der Waals surface area contributed by atoms with E-state index in [9.17, 15) is 4.79 Å². The number of amides is 2. The smallest absolute Gasteiger partial charge is 0.339 e. The van der Waals surface area contributed by atoms with Crippen LogP contribution in [0.15, 0.2) is 73.1 Å².